The van der Waals surface area contributed by atoms with Crippen molar-refractivity contribution in [3.63, 3.8) is 0 Å². The fourth-order valence-electron chi connectivity index (χ4n) is 1.92. The molecular formula is C14H24N2O4. The third-order valence-electron chi connectivity index (χ3n) is 3.20. The first-order valence-corrected chi connectivity index (χ1v) is 7.09. The molecule has 0 bridgehead atoms. The Hall–Kier alpha value is -1.43. The molecule has 1 aliphatic rings. The van der Waals surface area contributed by atoms with Crippen LogP contribution in [0.3, 0.4) is 0 Å². The summed E-state index contributed by atoms with van der Waals surface area (Å²) in [4.78, 5) is 40.2. The van der Waals surface area contributed by atoms with Crippen LogP contribution < -0.4 is 5.32 Å². The zero-order valence-electron chi connectivity index (χ0n) is 12.6. The van der Waals surface area contributed by atoms with Crippen LogP contribution in [0.25, 0.3) is 0 Å². The van der Waals surface area contributed by atoms with Crippen LogP contribution in [0.2, 0.25) is 0 Å². The molecule has 1 aliphatic heterocycles. The van der Waals surface area contributed by atoms with Crippen LogP contribution in [-0.2, 0) is 19.2 Å². The molecule has 0 aliphatic carbocycles. The third kappa shape index (κ3) is 4.59. The summed E-state index contributed by atoms with van der Waals surface area (Å²) in [5.41, 5.74) is 0. The molecule has 1 fully saturated rings. The topological polar surface area (TPSA) is 75.7 Å². The van der Waals surface area contributed by atoms with Crippen molar-refractivity contribution in [2.75, 3.05) is 13.2 Å². The lowest BCUT2D eigenvalue weighted by Gasteiger charge is -2.15. The largest absolute Gasteiger partial charge is 0.356 e. The van der Waals surface area contributed by atoms with Crippen molar-refractivity contribution in [1.29, 1.82) is 0 Å². The number of hydrogen-bond acceptors (Lipinski definition) is 4. The highest BCUT2D eigenvalue weighted by atomic mass is 16.7. The Bertz CT molecular complexity index is 379. The number of hydroxylamine groups is 2. The predicted octanol–water partition coefficient (Wildman–Crippen LogP) is 1.11. The summed E-state index contributed by atoms with van der Waals surface area (Å²) in [6.07, 6.45) is 0.326. The second-order valence-electron chi connectivity index (χ2n) is 5.86. The van der Waals surface area contributed by atoms with Crippen LogP contribution in [0.1, 0.15) is 40.5 Å². The summed E-state index contributed by atoms with van der Waals surface area (Å²) in [5.74, 6) is -0.581. The lowest BCUT2D eigenvalue weighted by Crippen LogP contribution is -2.34. The Morgan fingerprint density at radius 1 is 1.35 bits per heavy atom. The number of amides is 3. The molecule has 1 saturated heterocycles. The Labute approximate surface area is 119 Å². The van der Waals surface area contributed by atoms with E-state index in [-0.39, 0.29) is 49.0 Å². The van der Waals surface area contributed by atoms with Crippen molar-refractivity contribution >= 4 is 17.7 Å². The average molecular weight is 284 g/mol. The van der Waals surface area contributed by atoms with Gasteiger partial charge in [-0.15, -0.1) is 0 Å². The molecule has 0 aromatic carbocycles. The molecule has 1 atom stereocenters. The summed E-state index contributed by atoms with van der Waals surface area (Å²) in [5, 5.41) is 3.57. The summed E-state index contributed by atoms with van der Waals surface area (Å²) in [6, 6.07) is 0. The molecule has 1 unspecified atom stereocenters. The third-order valence-corrected chi connectivity index (χ3v) is 3.20. The maximum Gasteiger partial charge on any atom is 0.257 e. The van der Waals surface area contributed by atoms with E-state index in [4.69, 9.17) is 4.84 Å². The molecular weight excluding hydrogens is 260 g/mol. The van der Waals surface area contributed by atoms with Crippen molar-refractivity contribution in [2.24, 2.45) is 17.8 Å². The predicted molar refractivity (Wildman–Crippen MR) is 73.2 cm³/mol. The number of rotatable bonds is 7. The van der Waals surface area contributed by atoms with E-state index >= 15 is 0 Å². The van der Waals surface area contributed by atoms with Crippen LogP contribution in [0.15, 0.2) is 0 Å². The molecule has 114 valence electrons. The summed E-state index contributed by atoms with van der Waals surface area (Å²) in [6.45, 7) is 8.45. The minimum atomic E-state index is -0.323. The molecule has 20 heavy (non-hydrogen) atoms. The fourth-order valence-corrected chi connectivity index (χ4v) is 1.92. The first-order chi connectivity index (χ1) is 9.32. The SMILES string of the molecule is CC(C)CNC(=O)CCON1C(=O)CC(C(C)C)C1=O. The van der Waals surface area contributed by atoms with E-state index in [2.05, 4.69) is 5.32 Å². The van der Waals surface area contributed by atoms with E-state index in [1.165, 1.54) is 0 Å². The average Bonchev–Trinajstić information content (AvgIpc) is 2.64. The Balaban J connectivity index is 2.33. The van der Waals surface area contributed by atoms with Gasteiger partial charge >= 0.3 is 0 Å². The summed E-state index contributed by atoms with van der Waals surface area (Å²) in [7, 11) is 0. The molecule has 6 nitrogen and oxygen atoms in total. The van der Waals surface area contributed by atoms with Crippen LogP contribution in [0.4, 0.5) is 0 Å². The Morgan fingerprint density at radius 2 is 2.00 bits per heavy atom. The Morgan fingerprint density at radius 3 is 2.50 bits per heavy atom. The van der Waals surface area contributed by atoms with Gasteiger partial charge in [0.1, 0.15) is 0 Å². The lowest BCUT2D eigenvalue weighted by atomic mass is 9.95. The molecule has 0 aromatic rings. The van der Waals surface area contributed by atoms with Crippen LogP contribution in [0, 0.1) is 17.8 Å². The molecule has 0 spiro atoms. The minimum Gasteiger partial charge on any atom is -0.356 e. The number of nitrogens with one attached hydrogen (secondary N) is 1. The number of nitrogens with zero attached hydrogens (tertiary/aromatic N) is 1. The van der Waals surface area contributed by atoms with E-state index in [1.54, 1.807) is 0 Å². The van der Waals surface area contributed by atoms with Gasteiger partial charge in [-0.1, -0.05) is 27.7 Å². The van der Waals surface area contributed by atoms with Crippen molar-refractivity contribution in [1.82, 2.24) is 10.4 Å². The molecule has 6 heteroatoms. The normalized spacial score (nSPS) is 19.3. The standard InChI is InChI=1S/C14H24N2O4/c1-9(2)8-15-12(17)5-6-20-16-13(18)7-11(10(3)4)14(16)19/h9-11H,5-8H2,1-4H3,(H,15,17). The smallest absolute Gasteiger partial charge is 0.257 e. The van der Waals surface area contributed by atoms with E-state index in [1.807, 2.05) is 27.7 Å². The van der Waals surface area contributed by atoms with Crippen LogP contribution in [-0.4, -0.2) is 35.9 Å². The van der Waals surface area contributed by atoms with Gasteiger partial charge in [0.05, 0.1) is 18.9 Å². The molecule has 1 N–H and O–H groups in total. The van der Waals surface area contributed by atoms with Crippen LogP contribution >= 0.6 is 0 Å². The van der Waals surface area contributed by atoms with Gasteiger partial charge in [-0.05, 0) is 11.8 Å². The van der Waals surface area contributed by atoms with Gasteiger partial charge in [-0.3, -0.25) is 19.2 Å². The molecule has 0 radical (unpaired) electrons. The van der Waals surface area contributed by atoms with Crippen LogP contribution in [0.5, 0.6) is 0 Å². The van der Waals surface area contributed by atoms with Gasteiger partial charge < -0.3 is 5.32 Å². The van der Waals surface area contributed by atoms with Gasteiger partial charge in [-0.25, -0.2) is 0 Å². The lowest BCUT2D eigenvalue weighted by molar-refractivity contribution is -0.189. The fraction of sp³-hybridized carbons (Fsp3) is 0.786. The molecule has 0 aromatic heterocycles. The monoisotopic (exact) mass is 284 g/mol. The second-order valence-corrected chi connectivity index (χ2v) is 5.86. The van der Waals surface area contributed by atoms with Gasteiger partial charge in [-0.2, -0.15) is 5.06 Å². The number of hydrogen-bond donors (Lipinski definition) is 1. The molecule has 1 heterocycles. The van der Waals surface area contributed by atoms with Gasteiger partial charge in [0.2, 0.25) is 5.91 Å². The first kappa shape index (κ1) is 16.6. The van der Waals surface area contributed by atoms with E-state index < -0.39 is 0 Å². The van der Waals surface area contributed by atoms with E-state index in [9.17, 15) is 14.4 Å². The second kappa shape index (κ2) is 7.38. The highest BCUT2D eigenvalue weighted by Crippen LogP contribution is 2.26. The quantitative estimate of drug-likeness (QED) is 0.711. The molecule has 1 rings (SSSR count). The minimum absolute atomic E-state index is 0.0340. The Kier molecular flexibility index (Phi) is 6.13. The molecule has 0 saturated carbocycles. The number of imide groups is 1. The van der Waals surface area contributed by atoms with Gasteiger partial charge in [0.15, 0.2) is 0 Å². The zero-order chi connectivity index (χ0) is 15.3. The summed E-state index contributed by atoms with van der Waals surface area (Å²) < 4.78 is 0. The molecule has 3 amide bonds. The maximum atomic E-state index is 11.9. The van der Waals surface area contributed by atoms with Crippen molar-refractivity contribution in [3.8, 4) is 0 Å². The van der Waals surface area contributed by atoms with Gasteiger partial charge in [0, 0.05) is 13.0 Å². The van der Waals surface area contributed by atoms with Gasteiger partial charge in [0.25, 0.3) is 11.8 Å². The van der Waals surface area contributed by atoms with Crippen molar-refractivity contribution in [3.05, 3.63) is 0 Å². The number of carbonyl (C=O) groups excluding carboxylic acids is 3. The van der Waals surface area contributed by atoms with Crippen molar-refractivity contribution < 1.29 is 19.2 Å². The van der Waals surface area contributed by atoms with Crippen molar-refractivity contribution in [2.45, 2.75) is 40.5 Å². The maximum absolute atomic E-state index is 11.9. The zero-order valence-corrected chi connectivity index (χ0v) is 12.6. The highest BCUT2D eigenvalue weighted by Gasteiger charge is 2.41. The first-order valence-electron chi connectivity index (χ1n) is 7.09. The van der Waals surface area contributed by atoms with E-state index in [0.717, 1.165) is 5.06 Å². The number of carbonyl (C=O) groups is 3. The highest BCUT2D eigenvalue weighted by molar-refractivity contribution is 6.02. The summed E-state index contributed by atoms with van der Waals surface area (Å²) >= 11 is 0. The van der Waals surface area contributed by atoms with E-state index in [0.29, 0.717) is 12.5 Å².